The summed E-state index contributed by atoms with van der Waals surface area (Å²) in [5.41, 5.74) is 6.12. The van der Waals surface area contributed by atoms with Crippen molar-refractivity contribution in [3.8, 4) is 11.3 Å². The molecule has 5 heteroatoms. The minimum Gasteiger partial charge on any atom is -0.392 e. The number of benzene rings is 2. The number of likely N-dealkylation sites (N-methyl/N-ethyl adjacent to an activating group) is 1. The normalized spacial score (nSPS) is 17.8. The number of nitrogens with zero attached hydrogens (tertiary/aromatic N) is 4. The van der Waals surface area contributed by atoms with Gasteiger partial charge < -0.3 is 14.9 Å². The summed E-state index contributed by atoms with van der Waals surface area (Å²) in [6.45, 7) is 4.32. The first kappa shape index (κ1) is 20.5. The second-order valence-electron chi connectivity index (χ2n) is 8.41. The average molecular weight is 403 g/mol. The van der Waals surface area contributed by atoms with Crippen LogP contribution in [0.25, 0.3) is 11.3 Å². The molecule has 4 rings (SSSR count). The summed E-state index contributed by atoms with van der Waals surface area (Å²) in [7, 11) is 4.11. The molecular formula is C25H30N4O. The summed E-state index contributed by atoms with van der Waals surface area (Å²) >= 11 is 0. The zero-order chi connectivity index (χ0) is 21.1. The van der Waals surface area contributed by atoms with Crippen molar-refractivity contribution in [1.82, 2.24) is 15.1 Å². The largest absolute Gasteiger partial charge is 0.392 e. The summed E-state index contributed by atoms with van der Waals surface area (Å²) in [6.07, 6.45) is 0.715. The molecule has 2 atom stereocenters. The number of aliphatic hydroxyl groups excluding tert-OH is 1. The minimum absolute atomic E-state index is 0.407. The van der Waals surface area contributed by atoms with Crippen molar-refractivity contribution in [2.24, 2.45) is 0 Å². The van der Waals surface area contributed by atoms with E-state index in [0.29, 0.717) is 12.5 Å². The molecule has 30 heavy (non-hydrogen) atoms. The maximum atomic E-state index is 9.58. The number of hydrogen-bond acceptors (Lipinski definition) is 5. The number of rotatable bonds is 5. The van der Waals surface area contributed by atoms with E-state index in [4.69, 9.17) is 0 Å². The van der Waals surface area contributed by atoms with Crippen LogP contribution in [0.4, 0.5) is 5.82 Å². The van der Waals surface area contributed by atoms with Crippen LogP contribution in [0.15, 0.2) is 60.7 Å². The lowest BCUT2D eigenvalue weighted by molar-refractivity contribution is 0.201. The third kappa shape index (κ3) is 4.53. The van der Waals surface area contributed by atoms with Crippen LogP contribution in [-0.2, 0) is 6.54 Å². The fourth-order valence-corrected chi connectivity index (χ4v) is 4.32. The predicted molar refractivity (Wildman–Crippen MR) is 122 cm³/mol. The van der Waals surface area contributed by atoms with Crippen molar-refractivity contribution < 1.29 is 5.11 Å². The SMILES string of the molecule is CC(O)CN(C)c1ccc(-c2ccc3c(c2)CN(C)CCC3c2ccccc2)nn1. The van der Waals surface area contributed by atoms with Gasteiger partial charge in [-0.3, -0.25) is 0 Å². The van der Waals surface area contributed by atoms with E-state index in [1.165, 1.54) is 16.7 Å². The molecule has 0 saturated heterocycles. The van der Waals surface area contributed by atoms with Crippen LogP contribution in [0, 0.1) is 0 Å². The van der Waals surface area contributed by atoms with E-state index in [1.807, 2.05) is 24.1 Å². The van der Waals surface area contributed by atoms with Gasteiger partial charge in [-0.25, -0.2) is 0 Å². The van der Waals surface area contributed by atoms with Gasteiger partial charge >= 0.3 is 0 Å². The average Bonchev–Trinajstić information content (AvgIpc) is 2.91. The first-order valence-electron chi connectivity index (χ1n) is 10.6. The molecule has 0 radical (unpaired) electrons. The molecule has 0 bridgehead atoms. The number of fused-ring (bicyclic) bond motifs is 1. The second-order valence-corrected chi connectivity index (χ2v) is 8.41. The molecular weight excluding hydrogens is 372 g/mol. The molecule has 1 aliphatic rings. The quantitative estimate of drug-likeness (QED) is 0.701. The van der Waals surface area contributed by atoms with Crippen LogP contribution < -0.4 is 4.90 Å². The first-order chi connectivity index (χ1) is 14.5. The van der Waals surface area contributed by atoms with E-state index < -0.39 is 6.10 Å². The maximum absolute atomic E-state index is 9.58. The Morgan fingerprint density at radius 1 is 1.10 bits per heavy atom. The fraction of sp³-hybridized carbons (Fsp3) is 0.360. The smallest absolute Gasteiger partial charge is 0.151 e. The molecule has 3 aromatic rings. The topological polar surface area (TPSA) is 52.5 Å². The van der Waals surface area contributed by atoms with Gasteiger partial charge in [-0.15, -0.1) is 10.2 Å². The van der Waals surface area contributed by atoms with Gasteiger partial charge in [0.05, 0.1) is 11.8 Å². The fourth-order valence-electron chi connectivity index (χ4n) is 4.32. The molecule has 2 heterocycles. The molecule has 0 aliphatic carbocycles. The molecule has 2 unspecified atom stereocenters. The maximum Gasteiger partial charge on any atom is 0.151 e. The van der Waals surface area contributed by atoms with E-state index >= 15 is 0 Å². The summed E-state index contributed by atoms with van der Waals surface area (Å²) < 4.78 is 0. The van der Waals surface area contributed by atoms with Crippen LogP contribution in [0.5, 0.6) is 0 Å². The summed E-state index contributed by atoms with van der Waals surface area (Å²) in [5, 5.41) is 18.4. The van der Waals surface area contributed by atoms with Gasteiger partial charge in [-0.2, -0.15) is 0 Å². The van der Waals surface area contributed by atoms with Crippen LogP contribution in [0.2, 0.25) is 0 Å². The van der Waals surface area contributed by atoms with Crippen molar-refractivity contribution in [2.45, 2.75) is 31.9 Å². The molecule has 1 N–H and O–H groups in total. The molecule has 2 aromatic carbocycles. The van der Waals surface area contributed by atoms with Crippen molar-refractivity contribution in [3.05, 3.63) is 77.4 Å². The van der Waals surface area contributed by atoms with Crippen LogP contribution in [0.1, 0.15) is 36.0 Å². The lowest BCUT2D eigenvalue weighted by atomic mass is 9.86. The van der Waals surface area contributed by atoms with Crippen LogP contribution >= 0.6 is 0 Å². The van der Waals surface area contributed by atoms with Crippen LogP contribution in [0.3, 0.4) is 0 Å². The Morgan fingerprint density at radius 2 is 1.90 bits per heavy atom. The Balaban J connectivity index is 1.64. The van der Waals surface area contributed by atoms with E-state index in [0.717, 1.165) is 36.6 Å². The zero-order valence-electron chi connectivity index (χ0n) is 18.0. The molecule has 5 nitrogen and oxygen atoms in total. The molecule has 156 valence electrons. The van der Waals surface area contributed by atoms with Crippen molar-refractivity contribution >= 4 is 5.82 Å². The van der Waals surface area contributed by atoms with Crippen molar-refractivity contribution in [1.29, 1.82) is 0 Å². The molecule has 0 saturated carbocycles. The highest BCUT2D eigenvalue weighted by atomic mass is 16.3. The number of aromatic nitrogens is 2. The number of aliphatic hydroxyl groups is 1. The van der Waals surface area contributed by atoms with Gasteiger partial charge in [0.1, 0.15) is 0 Å². The molecule has 0 fully saturated rings. The lowest BCUT2D eigenvalue weighted by Gasteiger charge is -2.20. The third-order valence-corrected chi connectivity index (χ3v) is 5.84. The van der Waals surface area contributed by atoms with Gasteiger partial charge in [0.15, 0.2) is 5.82 Å². The highest BCUT2D eigenvalue weighted by molar-refractivity contribution is 5.62. The summed E-state index contributed by atoms with van der Waals surface area (Å²) in [5.74, 6) is 1.18. The standard InChI is InChI=1S/C25H30N4O/c1-18(30)16-29(3)25-12-11-24(26-27-25)20-9-10-22-21(15-20)17-28(2)14-13-23(22)19-7-5-4-6-8-19/h4-12,15,18,23,30H,13-14,16-17H2,1-3H3. The highest BCUT2D eigenvalue weighted by Crippen LogP contribution is 2.35. The number of anilines is 1. The van der Waals surface area contributed by atoms with Gasteiger partial charge in [-0.1, -0.05) is 42.5 Å². The van der Waals surface area contributed by atoms with Gasteiger partial charge in [0, 0.05) is 31.6 Å². The molecule has 0 amide bonds. The zero-order valence-corrected chi connectivity index (χ0v) is 18.0. The molecule has 1 aromatic heterocycles. The first-order valence-corrected chi connectivity index (χ1v) is 10.6. The predicted octanol–water partition coefficient (Wildman–Crippen LogP) is 3.93. The van der Waals surface area contributed by atoms with Gasteiger partial charge in [-0.05, 0) is 61.8 Å². The van der Waals surface area contributed by atoms with Crippen LogP contribution in [-0.4, -0.2) is 53.5 Å². The Labute approximate surface area is 179 Å². The van der Waals surface area contributed by atoms with Gasteiger partial charge in [0.2, 0.25) is 0 Å². The lowest BCUT2D eigenvalue weighted by Crippen LogP contribution is -2.27. The van der Waals surface area contributed by atoms with Crippen molar-refractivity contribution in [2.75, 3.05) is 32.1 Å². The number of hydrogen-bond donors (Lipinski definition) is 1. The van der Waals surface area contributed by atoms with E-state index in [-0.39, 0.29) is 0 Å². The minimum atomic E-state index is -0.407. The Kier molecular flexibility index (Phi) is 6.11. The Bertz CT molecular complexity index is 972. The van der Waals surface area contributed by atoms with E-state index in [2.05, 4.69) is 70.7 Å². The van der Waals surface area contributed by atoms with Crippen molar-refractivity contribution in [3.63, 3.8) is 0 Å². The third-order valence-electron chi connectivity index (χ3n) is 5.84. The molecule has 0 spiro atoms. The van der Waals surface area contributed by atoms with E-state index in [9.17, 15) is 5.11 Å². The molecule has 1 aliphatic heterocycles. The second kappa shape index (κ2) is 8.94. The van der Waals surface area contributed by atoms with Gasteiger partial charge in [0.25, 0.3) is 0 Å². The summed E-state index contributed by atoms with van der Waals surface area (Å²) in [4.78, 5) is 4.31. The highest BCUT2D eigenvalue weighted by Gasteiger charge is 2.23. The Morgan fingerprint density at radius 3 is 2.60 bits per heavy atom. The summed E-state index contributed by atoms with van der Waals surface area (Å²) in [6, 6.07) is 21.5. The van der Waals surface area contributed by atoms with E-state index in [1.54, 1.807) is 6.92 Å². The monoisotopic (exact) mass is 402 g/mol. The Hall–Kier alpha value is -2.76.